The number of hydrogen-bond acceptors (Lipinski definition) is 3. The second kappa shape index (κ2) is 7.38. The molecule has 2 atom stereocenters. The van der Waals surface area contributed by atoms with E-state index in [1.165, 1.54) is 0 Å². The first-order valence-corrected chi connectivity index (χ1v) is 8.29. The van der Waals surface area contributed by atoms with Crippen molar-refractivity contribution in [2.45, 2.75) is 12.8 Å². The van der Waals surface area contributed by atoms with E-state index >= 15 is 0 Å². The summed E-state index contributed by atoms with van der Waals surface area (Å²) >= 11 is 0. The lowest BCUT2D eigenvalue weighted by Crippen LogP contribution is -2.33. The van der Waals surface area contributed by atoms with Crippen LogP contribution in [0.3, 0.4) is 0 Å². The van der Waals surface area contributed by atoms with E-state index in [2.05, 4.69) is 0 Å². The predicted octanol–water partition coefficient (Wildman–Crippen LogP) is 2.70. The summed E-state index contributed by atoms with van der Waals surface area (Å²) in [4.78, 5) is 25.6. The highest BCUT2D eigenvalue weighted by molar-refractivity contribution is 5.80. The summed E-state index contributed by atoms with van der Waals surface area (Å²) in [6.07, 6.45) is 0. The van der Waals surface area contributed by atoms with Gasteiger partial charge in [0.25, 0.3) is 5.91 Å². The third-order valence-corrected chi connectivity index (χ3v) is 4.60. The summed E-state index contributed by atoms with van der Waals surface area (Å²) in [6.45, 7) is 2.51. The molecule has 1 amide bonds. The molecule has 3 rings (SSSR count). The summed E-state index contributed by atoms with van der Waals surface area (Å²) in [5.41, 5.74) is 2.07. The SMILES string of the molecule is Cc1ccc(OCC(=O)N2C[C@H](C(=O)O)[C@H](c3ccccc3)C2)cc1. The first-order chi connectivity index (χ1) is 12.0. The van der Waals surface area contributed by atoms with Crippen molar-refractivity contribution in [1.29, 1.82) is 0 Å². The molecule has 25 heavy (non-hydrogen) atoms. The van der Waals surface area contributed by atoms with E-state index in [1.807, 2.05) is 61.5 Å². The molecular weight excluding hydrogens is 318 g/mol. The number of nitrogens with zero attached hydrogens (tertiary/aromatic N) is 1. The largest absolute Gasteiger partial charge is 0.484 e. The Morgan fingerprint density at radius 2 is 1.76 bits per heavy atom. The lowest BCUT2D eigenvalue weighted by molar-refractivity contribution is -0.142. The van der Waals surface area contributed by atoms with Gasteiger partial charge in [0.2, 0.25) is 0 Å². The standard InChI is InChI=1S/C20H21NO4/c1-14-7-9-16(10-8-14)25-13-19(22)21-11-17(18(12-21)20(23)24)15-5-3-2-4-6-15/h2-10,17-18H,11-13H2,1H3,(H,23,24)/t17-,18-/m0/s1. The van der Waals surface area contributed by atoms with E-state index in [4.69, 9.17) is 4.74 Å². The third-order valence-electron chi connectivity index (χ3n) is 4.60. The Morgan fingerprint density at radius 3 is 2.40 bits per heavy atom. The van der Waals surface area contributed by atoms with Gasteiger partial charge in [0.1, 0.15) is 5.75 Å². The van der Waals surface area contributed by atoms with Crippen LogP contribution in [0.2, 0.25) is 0 Å². The number of carboxylic acids is 1. The molecule has 1 aliphatic heterocycles. The van der Waals surface area contributed by atoms with Crippen LogP contribution in [0.15, 0.2) is 54.6 Å². The van der Waals surface area contributed by atoms with Crippen LogP contribution in [0.5, 0.6) is 5.75 Å². The fraction of sp³-hybridized carbons (Fsp3) is 0.300. The molecule has 5 heteroatoms. The second-order valence-corrected chi connectivity index (χ2v) is 6.36. The molecule has 2 aromatic rings. The average molecular weight is 339 g/mol. The molecule has 0 saturated carbocycles. The monoisotopic (exact) mass is 339 g/mol. The minimum absolute atomic E-state index is 0.0864. The van der Waals surface area contributed by atoms with Crippen LogP contribution in [0, 0.1) is 12.8 Å². The van der Waals surface area contributed by atoms with Crippen LogP contribution in [-0.4, -0.2) is 41.6 Å². The number of ether oxygens (including phenoxy) is 1. The number of benzene rings is 2. The first-order valence-electron chi connectivity index (χ1n) is 8.29. The maximum atomic E-state index is 12.4. The molecule has 130 valence electrons. The number of aryl methyl sites for hydroxylation is 1. The van der Waals surface area contributed by atoms with Crippen LogP contribution >= 0.6 is 0 Å². The molecule has 1 saturated heterocycles. The van der Waals surface area contributed by atoms with Crippen LogP contribution in [-0.2, 0) is 9.59 Å². The number of aliphatic carboxylic acids is 1. The van der Waals surface area contributed by atoms with Crippen molar-refractivity contribution in [3.8, 4) is 5.75 Å². The Balaban J connectivity index is 1.65. The highest BCUT2D eigenvalue weighted by atomic mass is 16.5. The first kappa shape index (κ1) is 17.0. The highest BCUT2D eigenvalue weighted by Crippen LogP contribution is 2.33. The molecule has 2 aromatic carbocycles. The van der Waals surface area contributed by atoms with Gasteiger partial charge < -0.3 is 14.7 Å². The van der Waals surface area contributed by atoms with Gasteiger partial charge in [-0.2, -0.15) is 0 Å². The van der Waals surface area contributed by atoms with Gasteiger partial charge >= 0.3 is 5.97 Å². The van der Waals surface area contributed by atoms with Crippen molar-refractivity contribution in [2.24, 2.45) is 5.92 Å². The fourth-order valence-corrected chi connectivity index (χ4v) is 3.17. The van der Waals surface area contributed by atoms with Crippen LogP contribution < -0.4 is 4.74 Å². The van der Waals surface area contributed by atoms with Crippen LogP contribution in [0.1, 0.15) is 17.0 Å². The van der Waals surface area contributed by atoms with E-state index in [-0.39, 0.29) is 25.0 Å². The van der Waals surface area contributed by atoms with Gasteiger partial charge in [-0.05, 0) is 24.6 Å². The summed E-state index contributed by atoms with van der Waals surface area (Å²) < 4.78 is 5.53. The molecule has 0 unspecified atom stereocenters. The minimum atomic E-state index is -0.872. The van der Waals surface area contributed by atoms with Gasteiger partial charge in [0, 0.05) is 19.0 Å². The smallest absolute Gasteiger partial charge is 0.308 e. The maximum Gasteiger partial charge on any atom is 0.308 e. The van der Waals surface area contributed by atoms with Gasteiger partial charge in [-0.15, -0.1) is 0 Å². The van der Waals surface area contributed by atoms with Crippen molar-refractivity contribution in [2.75, 3.05) is 19.7 Å². The number of likely N-dealkylation sites (tertiary alicyclic amines) is 1. The zero-order valence-electron chi connectivity index (χ0n) is 14.1. The molecule has 1 aliphatic rings. The van der Waals surface area contributed by atoms with Gasteiger partial charge in [-0.25, -0.2) is 0 Å². The Labute approximate surface area is 146 Å². The number of carboxylic acid groups (broad SMARTS) is 1. The molecule has 0 spiro atoms. The van der Waals surface area contributed by atoms with E-state index in [0.29, 0.717) is 12.3 Å². The predicted molar refractivity (Wildman–Crippen MR) is 93.6 cm³/mol. The van der Waals surface area contributed by atoms with Crippen molar-refractivity contribution in [3.63, 3.8) is 0 Å². The Morgan fingerprint density at radius 1 is 1.08 bits per heavy atom. The summed E-state index contributed by atoms with van der Waals surface area (Å²) in [5, 5.41) is 9.51. The van der Waals surface area contributed by atoms with Crippen molar-refractivity contribution in [1.82, 2.24) is 4.90 Å². The van der Waals surface area contributed by atoms with Crippen LogP contribution in [0.4, 0.5) is 0 Å². The number of amides is 1. The van der Waals surface area contributed by atoms with E-state index in [1.54, 1.807) is 4.90 Å². The highest BCUT2D eigenvalue weighted by Gasteiger charge is 2.40. The maximum absolute atomic E-state index is 12.4. The van der Waals surface area contributed by atoms with Crippen molar-refractivity contribution < 1.29 is 19.4 Å². The van der Waals surface area contributed by atoms with E-state index in [9.17, 15) is 14.7 Å². The number of carbonyl (C=O) groups excluding carboxylic acids is 1. The molecule has 5 nitrogen and oxygen atoms in total. The molecule has 1 N–H and O–H groups in total. The van der Waals surface area contributed by atoms with Gasteiger partial charge in [-0.3, -0.25) is 9.59 Å². The second-order valence-electron chi connectivity index (χ2n) is 6.36. The fourth-order valence-electron chi connectivity index (χ4n) is 3.17. The normalized spacial score (nSPS) is 19.6. The quantitative estimate of drug-likeness (QED) is 0.909. The Kier molecular flexibility index (Phi) is 5.03. The average Bonchev–Trinajstić information content (AvgIpc) is 3.07. The number of carbonyl (C=O) groups is 2. The van der Waals surface area contributed by atoms with Gasteiger partial charge in [-0.1, -0.05) is 48.0 Å². The summed E-state index contributed by atoms with van der Waals surface area (Å²) in [6, 6.07) is 17.0. The molecule has 0 aromatic heterocycles. The molecule has 0 aliphatic carbocycles. The molecule has 1 heterocycles. The molecule has 0 bridgehead atoms. The summed E-state index contributed by atoms with van der Waals surface area (Å²) in [7, 11) is 0. The van der Waals surface area contributed by atoms with Gasteiger partial charge in [0.05, 0.1) is 5.92 Å². The van der Waals surface area contributed by atoms with Crippen molar-refractivity contribution >= 4 is 11.9 Å². The Bertz CT molecular complexity index is 742. The van der Waals surface area contributed by atoms with E-state index in [0.717, 1.165) is 11.1 Å². The number of hydrogen-bond donors (Lipinski definition) is 1. The zero-order chi connectivity index (χ0) is 17.8. The zero-order valence-corrected chi connectivity index (χ0v) is 14.1. The number of rotatable bonds is 5. The molecule has 0 radical (unpaired) electrons. The molecule has 1 fully saturated rings. The van der Waals surface area contributed by atoms with Crippen molar-refractivity contribution in [3.05, 3.63) is 65.7 Å². The van der Waals surface area contributed by atoms with E-state index < -0.39 is 11.9 Å². The topological polar surface area (TPSA) is 66.8 Å². The summed E-state index contributed by atoms with van der Waals surface area (Å²) in [5.74, 6) is -1.21. The van der Waals surface area contributed by atoms with Gasteiger partial charge in [0.15, 0.2) is 6.61 Å². The van der Waals surface area contributed by atoms with Crippen LogP contribution in [0.25, 0.3) is 0 Å². The Hall–Kier alpha value is -2.82. The molecular formula is C20H21NO4. The minimum Gasteiger partial charge on any atom is -0.484 e. The lowest BCUT2D eigenvalue weighted by atomic mass is 9.89. The third kappa shape index (κ3) is 3.99. The lowest BCUT2D eigenvalue weighted by Gasteiger charge is -2.17.